The van der Waals surface area contributed by atoms with Crippen molar-refractivity contribution >= 4 is 23.4 Å². The molecule has 0 spiro atoms. The summed E-state index contributed by atoms with van der Waals surface area (Å²) >= 11 is 0. The maximum atomic E-state index is 13.1. The van der Waals surface area contributed by atoms with Crippen LogP contribution in [0.15, 0.2) is 48.5 Å². The number of carbonyl (C=O) groups excluding carboxylic acids is 3. The molecule has 0 N–H and O–H groups in total. The lowest BCUT2D eigenvalue weighted by molar-refractivity contribution is -0.135. The standard InChI is InChI=1S/C21H20FN3O3/c1-14(25-20(27)17-4-2-3-5-18(17)21(25)28)19(26)24-12-10-23(11-13-24)16-8-6-15(22)7-9-16/h2-9,14H,10-13H2,1H3. The van der Waals surface area contributed by atoms with E-state index in [1.807, 2.05) is 0 Å². The number of carbonyl (C=O) groups is 3. The Morgan fingerprint density at radius 3 is 1.96 bits per heavy atom. The van der Waals surface area contributed by atoms with Gasteiger partial charge in [0.15, 0.2) is 0 Å². The van der Waals surface area contributed by atoms with Crippen molar-refractivity contribution < 1.29 is 18.8 Å². The van der Waals surface area contributed by atoms with Crippen molar-refractivity contribution in [3.05, 3.63) is 65.5 Å². The zero-order valence-corrected chi connectivity index (χ0v) is 15.5. The Hall–Kier alpha value is -3.22. The van der Waals surface area contributed by atoms with Gasteiger partial charge in [-0.25, -0.2) is 4.39 Å². The molecule has 0 aliphatic carbocycles. The van der Waals surface area contributed by atoms with Crippen molar-refractivity contribution in [2.24, 2.45) is 0 Å². The number of benzene rings is 2. The van der Waals surface area contributed by atoms with Crippen LogP contribution in [-0.4, -0.2) is 59.7 Å². The van der Waals surface area contributed by atoms with E-state index in [0.717, 1.165) is 10.6 Å². The van der Waals surface area contributed by atoms with Gasteiger partial charge in [0.2, 0.25) is 5.91 Å². The van der Waals surface area contributed by atoms with E-state index in [1.54, 1.807) is 48.2 Å². The van der Waals surface area contributed by atoms with Crippen LogP contribution in [0.25, 0.3) is 0 Å². The number of fused-ring (bicyclic) bond motifs is 1. The Balaban J connectivity index is 1.42. The van der Waals surface area contributed by atoms with E-state index in [-0.39, 0.29) is 11.7 Å². The molecule has 1 unspecified atom stereocenters. The summed E-state index contributed by atoms with van der Waals surface area (Å²) in [6.45, 7) is 3.75. The van der Waals surface area contributed by atoms with Gasteiger partial charge in [0, 0.05) is 31.9 Å². The summed E-state index contributed by atoms with van der Waals surface area (Å²) in [5.41, 5.74) is 1.59. The number of anilines is 1. The Labute approximate surface area is 162 Å². The third kappa shape index (κ3) is 3.02. The van der Waals surface area contributed by atoms with Crippen molar-refractivity contribution in [1.82, 2.24) is 9.80 Å². The molecule has 7 heteroatoms. The number of halogens is 1. The SMILES string of the molecule is CC(C(=O)N1CCN(c2ccc(F)cc2)CC1)N1C(=O)c2ccccc2C1=O. The second-order valence-corrected chi connectivity index (χ2v) is 6.99. The van der Waals surface area contributed by atoms with Crippen LogP contribution in [0.1, 0.15) is 27.6 Å². The average molecular weight is 381 g/mol. The Morgan fingerprint density at radius 1 is 0.893 bits per heavy atom. The fourth-order valence-corrected chi connectivity index (χ4v) is 3.77. The Bertz CT molecular complexity index is 901. The van der Waals surface area contributed by atoms with E-state index in [0.29, 0.717) is 37.3 Å². The molecule has 2 aromatic rings. The summed E-state index contributed by atoms with van der Waals surface area (Å²) in [6.07, 6.45) is 0. The smallest absolute Gasteiger partial charge is 0.262 e. The van der Waals surface area contributed by atoms with Crippen molar-refractivity contribution in [2.75, 3.05) is 31.1 Å². The van der Waals surface area contributed by atoms with Crippen LogP contribution >= 0.6 is 0 Å². The number of piperazine rings is 1. The van der Waals surface area contributed by atoms with Crippen molar-refractivity contribution in [1.29, 1.82) is 0 Å². The van der Waals surface area contributed by atoms with Crippen LogP contribution in [0.2, 0.25) is 0 Å². The number of rotatable bonds is 3. The topological polar surface area (TPSA) is 60.9 Å². The molecule has 3 amide bonds. The highest BCUT2D eigenvalue weighted by Crippen LogP contribution is 2.25. The first kappa shape index (κ1) is 18.2. The van der Waals surface area contributed by atoms with Gasteiger partial charge in [0.25, 0.3) is 11.8 Å². The molecule has 1 saturated heterocycles. The second kappa shape index (κ2) is 7.07. The summed E-state index contributed by atoms with van der Waals surface area (Å²) in [7, 11) is 0. The van der Waals surface area contributed by atoms with Crippen LogP contribution < -0.4 is 4.90 Å². The van der Waals surface area contributed by atoms with Crippen molar-refractivity contribution in [3.8, 4) is 0 Å². The van der Waals surface area contributed by atoms with Gasteiger partial charge < -0.3 is 9.80 Å². The number of hydrogen-bond acceptors (Lipinski definition) is 4. The van der Waals surface area contributed by atoms with E-state index in [2.05, 4.69) is 4.90 Å². The van der Waals surface area contributed by atoms with Crippen LogP contribution in [0.4, 0.5) is 10.1 Å². The average Bonchev–Trinajstić information content (AvgIpc) is 2.98. The molecule has 0 radical (unpaired) electrons. The van der Waals surface area contributed by atoms with Crippen molar-refractivity contribution in [2.45, 2.75) is 13.0 Å². The van der Waals surface area contributed by atoms with E-state index in [1.165, 1.54) is 12.1 Å². The van der Waals surface area contributed by atoms with Crippen LogP contribution in [0.3, 0.4) is 0 Å². The normalized spacial score (nSPS) is 17.7. The minimum Gasteiger partial charge on any atom is -0.368 e. The minimum atomic E-state index is -0.857. The first-order chi connectivity index (χ1) is 13.5. The number of nitrogens with zero attached hydrogens (tertiary/aromatic N) is 3. The van der Waals surface area contributed by atoms with E-state index in [4.69, 9.17) is 0 Å². The highest BCUT2D eigenvalue weighted by Gasteiger charge is 2.42. The highest BCUT2D eigenvalue weighted by atomic mass is 19.1. The molecule has 2 aromatic carbocycles. The number of hydrogen-bond donors (Lipinski definition) is 0. The fraction of sp³-hybridized carbons (Fsp3) is 0.286. The molecule has 2 aliphatic rings. The maximum Gasteiger partial charge on any atom is 0.262 e. The molecular formula is C21H20FN3O3. The summed E-state index contributed by atoms with van der Waals surface area (Å²) in [6, 6.07) is 12.0. The zero-order chi connectivity index (χ0) is 19.8. The lowest BCUT2D eigenvalue weighted by Crippen LogP contribution is -2.55. The van der Waals surface area contributed by atoms with Crippen LogP contribution in [0.5, 0.6) is 0 Å². The van der Waals surface area contributed by atoms with Crippen LogP contribution in [-0.2, 0) is 4.79 Å². The fourth-order valence-electron chi connectivity index (χ4n) is 3.77. The molecule has 2 heterocycles. The molecular weight excluding hydrogens is 361 g/mol. The molecule has 0 saturated carbocycles. The van der Waals surface area contributed by atoms with Gasteiger partial charge in [0.1, 0.15) is 11.9 Å². The van der Waals surface area contributed by atoms with Crippen molar-refractivity contribution in [3.63, 3.8) is 0 Å². The predicted molar refractivity (Wildman–Crippen MR) is 102 cm³/mol. The van der Waals surface area contributed by atoms with Gasteiger partial charge in [-0.1, -0.05) is 12.1 Å². The number of amides is 3. The molecule has 28 heavy (non-hydrogen) atoms. The third-order valence-corrected chi connectivity index (χ3v) is 5.35. The van der Waals surface area contributed by atoms with E-state index in [9.17, 15) is 18.8 Å². The maximum absolute atomic E-state index is 13.1. The molecule has 0 bridgehead atoms. The largest absolute Gasteiger partial charge is 0.368 e. The molecule has 0 aromatic heterocycles. The molecule has 1 atom stereocenters. The van der Waals surface area contributed by atoms with Gasteiger partial charge in [-0.3, -0.25) is 19.3 Å². The Morgan fingerprint density at radius 2 is 1.43 bits per heavy atom. The molecule has 2 aliphatic heterocycles. The molecule has 1 fully saturated rings. The summed E-state index contributed by atoms with van der Waals surface area (Å²) in [4.78, 5) is 42.9. The molecule has 144 valence electrons. The van der Waals surface area contributed by atoms with E-state index < -0.39 is 17.9 Å². The van der Waals surface area contributed by atoms with Crippen LogP contribution in [0, 0.1) is 5.82 Å². The van der Waals surface area contributed by atoms with Gasteiger partial charge in [-0.15, -0.1) is 0 Å². The monoisotopic (exact) mass is 381 g/mol. The zero-order valence-electron chi connectivity index (χ0n) is 15.5. The Kier molecular flexibility index (Phi) is 4.58. The quantitative estimate of drug-likeness (QED) is 0.765. The second-order valence-electron chi connectivity index (χ2n) is 6.99. The third-order valence-electron chi connectivity index (χ3n) is 5.35. The van der Waals surface area contributed by atoms with Gasteiger partial charge >= 0.3 is 0 Å². The first-order valence-electron chi connectivity index (χ1n) is 9.23. The first-order valence-corrected chi connectivity index (χ1v) is 9.23. The summed E-state index contributed by atoms with van der Waals surface area (Å²) < 4.78 is 13.1. The van der Waals surface area contributed by atoms with Gasteiger partial charge in [-0.05, 0) is 43.3 Å². The van der Waals surface area contributed by atoms with Gasteiger partial charge in [0.05, 0.1) is 11.1 Å². The molecule has 6 nitrogen and oxygen atoms in total. The van der Waals surface area contributed by atoms with E-state index >= 15 is 0 Å². The lowest BCUT2D eigenvalue weighted by Gasteiger charge is -2.38. The summed E-state index contributed by atoms with van der Waals surface area (Å²) in [5.74, 6) is -1.38. The molecule has 4 rings (SSSR count). The minimum absolute atomic E-state index is 0.242. The van der Waals surface area contributed by atoms with Gasteiger partial charge in [-0.2, -0.15) is 0 Å². The summed E-state index contributed by atoms with van der Waals surface area (Å²) in [5, 5.41) is 0. The predicted octanol–water partition coefficient (Wildman–Crippen LogP) is 2.16. The number of imide groups is 1. The highest BCUT2D eigenvalue weighted by molar-refractivity contribution is 6.22. The lowest BCUT2D eigenvalue weighted by atomic mass is 10.1.